The first-order chi connectivity index (χ1) is 12.4. The van der Waals surface area contributed by atoms with Gasteiger partial charge >= 0.3 is 0 Å². The average molecular weight is 388 g/mol. The second kappa shape index (κ2) is 8.33. The molecule has 6 nitrogen and oxygen atoms in total. The Hall–Kier alpha value is -2.70. The summed E-state index contributed by atoms with van der Waals surface area (Å²) in [6.45, 7) is 3.76. The lowest BCUT2D eigenvalue weighted by Crippen LogP contribution is -2.29. The molecule has 1 heterocycles. The number of nitrogens with zero attached hydrogens (tertiary/aromatic N) is 1. The third-order valence-corrected chi connectivity index (χ3v) is 4.48. The van der Waals surface area contributed by atoms with E-state index >= 15 is 0 Å². The first kappa shape index (κ1) is 20.6. The van der Waals surface area contributed by atoms with Gasteiger partial charge in [0.25, 0.3) is 0 Å². The highest BCUT2D eigenvalue weighted by molar-refractivity contribution is 6.20. The summed E-state index contributed by atoms with van der Waals surface area (Å²) in [6, 6.07) is 11.8. The normalized spacial score (nSPS) is 14.7. The Morgan fingerprint density at radius 2 is 1.63 bits per heavy atom. The molecule has 0 aliphatic carbocycles. The molecular formula is C20H22ClN3O3. The van der Waals surface area contributed by atoms with E-state index in [0.717, 1.165) is 16.7 Å². The lowest BCUT2D eigenvalue weighted by molar-refractivity contribution is -0.121. The molecule has 1 fully saturated rings. The summed E-state index contributed by atoms with van der Waals surface area (Å²) in [4.78, 5) is 37.4. The molecule has 1 aliphatic rings. The van der Waals surface area contributed by atoms with Crippen molar-refractivity contribution in [1.29, 1.82) is 0 Å². The molecular weight excluding hydrogens is 366 g/mol. The molecule has 1 saturated heterocycles. The van der Waals surface area contributed by atoms with Crippen molar-refractivity contribution in [2.24, 2.45) is 5.73 Å². The zero-order chi connectivity index (χ0) is 18.8. The van der Waals surface area contributed by atoms with Crippen LogP contribution in [-0.4, -0.2) is 17.7 Å². The maximum atomic E-state index is 12.4. The monoisotopic (exact) mass is 387 g/mol. The fourth-order valence-electron chi connectivity index (χ4n) is 2.97. The standard InChI is InChI=1S/C20H21N3O3.ClH/c1-12-3-5-14(6-4-12)19(21)20(26)22-15-7-8-16(13(2)11-15)23-17(24)9-10-18(23)25;/h3-8,11,19H,9-10,21H2,1-2H3,(H,22,26);1H. The SMILES string of the molecule is Cc1ccc(C(N)C(=O)Nc2ccc(N3C(=O)CCC3=O)c(C)c2)cc1.Cl. The number of carbonyl (C=O) groups is 3. The van der Waals surface area contributed by atoms with Crippen LogP contribution in [0.1, 0.15) is 35.6 Å². The van der Waals surface area contributed by atoms with Crippen LogP contribution in [0.2, 0.25) is 0 Å². The van der Waals surface area contributed by atoms with Gasteiger partial charge in [-0.1, -0.05) is 29.8 Å². The first-order valence-corrected chi connectivity index (χ1v) is 8.46. The minimum atomic E-state index is -0.780. The Bertz CT molecular complexity index is 865. The molecule has 1 atom stereocenters. The zero-order valence-electron chi connectivity index (χ0n) is 15.2. The van der Waals surface area contributed by atoms with Crippen LogP contribution < -0.4 is 16.0 Å². The summed E-state index contributed by atoms with van der Waals surface area (Å²) in [5.41, 5.74) is 9.71. The van der Waals surface area contributed by atoms with Crippen LogP contribution >= 0.6 is 12.4 Å². The number of benzene rings is 2. The summed E-state index contributed by atoms with van der Waals surface area (Å²) in [7, 11) is 0. The van der Waals surface area contributed by atoms with Gasteiger partial charge in [-0.25, -0.2) is 0 Å². The molecule has 7 heteroatoms. The van der Waals surface area contributed by atoms with Gasteiger partial charge in [0.15, 0.2) is 0 Å². The van der Waals surface area contributed by atoms with Gasteiger partial charge in [-0.15, -0.1) is 12.4 Å². The number of imide groups is 1. The van der Waals surface area contributed by atoms with Crippen molar-refractivity contribution in [1.82, 2.24) is 0 Å². The number of aryl methyl sites for hydroxylation is 2. The van der Waals surface area contributed by atoms with E-state index in [1.165, 1.54) is 4.90 Å². The number of halogens is 1. The zero-order valence-corrected chi connectivity index (χ0v) is 16.0. The predicted molar refractivity (Wildman–Crippen MR) is 107 cm³/mol. The van der Waals surface area contributed by atoms with E-state index in [4.69, 9.17) is 5.73 Å². The smallest absolute Gasteiger partial charge is 0.245 e. The van der Waals surface area contributed by atoms with Crippen molar-refractivity contribution < 1.29 is 14.4 Å². The van der Waals surface area contributed by atoms with Crippen molar-refractivity contribution in [3.05, 3.63) is 59.2 Å². The summed E-state index contributed by atoms with van der Waals surface area (Å²) < 4.78 is 0. The van der Waals surface area contributed by atoms with Crippen molar-refractivity contribution in [3.63, 3.8) is 0 Å². The highest BCUT2D eigenvalue weighted by Gasteiger charge is 2.31. The van der Waals surface area contributed by atoms with Gasteiger partial charge < -0.3 is 11.1 Å². The van der Waals surface area contributed by atoms with E-state index in [2.05, 4.69) is 5.32 Å². The van der Waals surface area contributed by atoms with Crippen LogP contribution in [0.15, 0.2) is 42.5 Å². The number of nitrogens with one attached hydrogen (secondary N) is 1. The molecule has 0 bridgehead atoms. The van der Waals surface area contributed by atoms with Crippen molar-refractivity contribution in [2.45, 2.75) is 32.7 Å². The fourth-order valence-corrected chi connectivity index (χ4v) is 2.97. The molecule has 142 valence electrons. The van der Waals surface area contributed by atoms with E-state index in [1.54, 1.807) is 25.1 Å². The van der Waals surface area contributed by atoms with Crippen LogP contribution in [-0.2, 0) is 14.4 Å². The summed E-state index contributed by atoms with van der Waals surface area (Å²) in [6.07, 6.45) is 0.477. The Kier molecular flexibility index (Phi) is 6.36. The molecule has 0 radical (unpaired) electrons. The lowest BCUT2D eigenvalue weighted by Gasteiger charge is -2.18. The van der Waals surface area contributed by atoms with Gasteiger partial charge in [0.05, 0.1) is 5.69 Å². The number of nitrogens with two attached hydrogens (primary N) is 1. The Morgan fingerprint density at radius 1 is 1.04 bits per heavy atom. The van der Waals surface area contributed by atoms with E-state index in [0.29, 0.717) is 11.4 Å². The maximum absolute atomic E-state index is 12.4. The summed E-state index contributed by atoms with van der Waals surface area (Å²) >= 11 is 0. The molecule has 0 saturated carbocycles. The van der Waals surface area contributed by atoms with Gasteiger partial charge in [-0.3, -0.25) is 19.3 Å². The fraction of sp³-hybridized carbons (Fsp3) is 0.250. The van der Waals surface area contributed by atoms with E-state index in [9.17, 15) is 14.4 Å². The molecule has 3 N–H and O–H groups in total. The minimum absolute atomic E-state index is 0. The molecule has 1 unspecified atom stereocenters. The quantitative estimate of drug-likeness (QED) is 0.788. The van der Waals surface area contributed by atoms with Gasteiger partial charge in [-0.2, -0.15) is 0 Å². The molecule has 3 amide bonds. The third-order valence-electron chi connectivity index (χ3n) is 4.48. The number of rotatable bonds is 4. The molecule has 2 aromatic carbocycles. The average Bonchev–Trinajstić information content (AvgIpc) is 2.94. The van der Waals surface area contributed by atoms with Gasteiger partial charge in [0, 0.05) is 18.5 Å². The van der Waals surface area contributed by atoms with Gasteiger partial charge in [-0.05, 0) is 43.2 Å². The number of hydrogen-bond acceptors (Lipinski definition) is 4. The summed E-state index contributed by atoms with van der Waals surface area (Å²) in [5.74, 6) is -0.720. The van der Waals surface area contributed by atoms with Gasteiger partial charge in [0.2, 0.25) is 17.7 Å². The lowest BCUT2D eigenvalue weighted by atomic mass is 10.1. The molecule has 2 aromatic rings. The number of amides is 3. The molecule has 3 rings (SSSR count). The van der Waals surface area contributed by atoms with Crippen LogP contribution in [0.25, 0.3) is 0 Å². The van der Waals surface area contributed by atoms with Crippen LogP contribution in [0.3, 0.4) is 0 Å². The Morgan fingerprint density at radius 3 is 2.19 bits per heavy atom. The van der Waals surface area contributed by atoms with E-state index in [-0.39, 0.29) is 43.0 Å². The molecule has 27 heavy (non-hydrogen) atoms. The Labute approximate surface area is 164 Å². The first-order valence-electron chi connectivity index (χ1n) is 8.46. The largest absolute Gasteiger partial charge is 0.324 e. The van der Waals surface area contributed by atoms with Crippen molar-refractivity contribution >= 4 is 41.5 Å². The molecule has 0 spiro atoms. The second-order valence-electron chi connectivity index (χ2n) is 6.50. The maximum Gasteiger partial charge on any atom is 0.245 e. The van der Waals surface area contributed by atoms with Crippen LogP contribution in [0.5, 0.6) is 0 Å². The number of hydrogen-bond donors (Lipinski definition) is 2. The number of anilines is 2. The van der Waals surface area contributed by atoms with Crippen molar-refractivity contribution in [2.75, 3.05) is 10.2 Å². The van der Waals surface area contributed by atoms with Crippen molar-refractivity contribution in [3.8, 4) is 0 Å². The minimum Gasteiger partial charge on any atom is -0.324 e. The highest BCUT2D eigenvalue weighted by atomic mass is 35.5. The summed E-state index contributed by atoms with van der Waals surface area (Å²) in [5, 5.41) is 2.78. The topological polar surface area (TPSA) is 92.5 Å². The van der Waals surface area contributed by atoms with Crippen LogP contribution in [0.4, 0.5) is 11.4 Å². The Balaban J connectivity index is 0.00000261. The van der Waals surface area contributed by atoms with E-state index in [1.807, 2.05) is 31.2 Å². The van der Waals surface area contributed by atoms with E-state index < -0.39 is 6.04 Å². The van der Waals surface area contributed by atoms with Crippen LogP contribution in [0, 0.1) is 13.8 Å². The highest BCUT2D eigenvalue weighted by Crippen LogP contribution is 2.28. The second-order valence-corrected chi connectivity index (χ2v) is 6.50. The predicted octanol–water partition coefficient (Wildman–Crippen LogP) is 3.02. The van der Waals surface area contributed by atoms with Gasteiger partial charge in [0.1, 0.15) is 6.04 Å². The number of carbonyl (C=O) groups excluding carboxylic acids is 3. The molecule has 1 aliphatic heterocycles. The third kappa shape index (κ3) is 4.35. The molecule has 0 aromatic heterocycles.